The molecule has 0 saturated heterocycles. The first kappa shape index (κ1) is 17.2. The van der Waals surface area contributed by atoms with Crippen LogP contribution in [0.4, 0.5) is 0 Å². The lowest BCUT2D eigenvalue weighted by molar-refractivity contribution is -0.127. The maximum atomic E-state index is 12.4. The van der Waals surface area contributed by atoms with Gasteiger partial charge in [0, 0.05) is 0 Å². The summed E-state index contributed by atoms with van der Waals surface area (Å²) < 4.78 is 17.3. The first-order chi connectivity index (χ1) is 13.2. The Kier molecular flexibility index (Phi) is 4.83. The van der Waals surface area contributed by atoms with Gasteiger partial charge >= 0.3 is 0 Å². The van der Waals surface area contributed by atoms with Crippen LogP contribution < -0.4 is 19.5 Å². The van der Waals surface area contributed by atoms with Gasteiger partial charge in [-0.3, -0.25) is 4.79 Å². The van der Waals surface area contributed by atoms with Gasteiger partial charge in [-0.1, -0.05) is 42.5 Å². The minimum Gasteiger partial charge on any atom is -0.486 e. The molecule has 1 heterocycles. The maximum absolute atomic E-state index is 12.4. The van der Waals surface area contributed by atoms with Gasteiger partial charge in [0.2, 0.25) is 0 Å². The molecule has 1 N–H and O–H groups in total. The van der Waals surface area contributed by atoms with Gasteiger partial charge in [-0.05, 0) is 42.0 Å². The number of hydrogen-bond acceptors (Lipinski definition) is 4. The van der Waals surface area contributed by atoms with Crippen molar-refractivity contribution < 1.29 is 19.0 Å². The van der Waals surface area contributed by atoms with Crippen molar-refractivity contribution in [2.24, 2.45) is 0 Å². The molecule has 138 valence electrons. The first-order valence-corrected chi connectivity index (χ1v) is 9.01. The Morgan fingerprint density at radius 3 is 2.67 bits per heavy atom. The van der Waals surface area contributed by atoms with E-state index in [1.54, 1.807) is 6.92 Å². The fraction of sp³-hybridized carbons (Fsp3) is 0.227. The van der Waals surface area contributed by atoms with Crippen LogP contribution in [0.3, 0.4) is 0 Å². The SMILES string of the molecule is CC(Oc1ccc2ccccc2c1)C(=O)NCC1COc2ccccc2O1. The summed E-state index contributed by atoms with van der Waals surface area (Å²) in [7, 11) is 0. The number of fused-ring (bicyclic) bond motifs is 2. The molecule has 27 heavy (non-hydrogen) atoms. The van der Waals surface area contributed by atoms with Gasteiger partial charge < -0.3 is 19.5 Å². The van der Waals surface area contributed by atoms with Gasteiger partial charge in [0.25, 0.3) is 5.91 Å². The highest BCUT2D eigenvalue weighted by Crippen LogP contribution is 2.30. The Bertz CT molecular complexity index is 956. The molecule has 3 aromatic carbocycles. The predicted molar refractivity (Wildman–Crippen MR) is 103 cm³/mol. The fourth-order valence-corrected chi connectivity index (χ4v) is 3.02. The highest BCUT2D eigenvalue weighted by molar-refractivity contribution is 5.84. The molecule has 2 atom stereocenters. The number of ether oxygens (including phenoxy) is 3. The number of para-hydroxylation sites is 2. The Morgan fingerprint density at radius 1 is 1.07 bits per heavy atom. The molecule has 0 bridgehead atoms. The van der Waals surface area contributed by atoms with Crippen molar-refractivity contribution in [3.8, 4) is 17.2 Å². The molecule has 0 aromatic heterocycles. The van der Waals surface area contributed by atoms with Crippen molar-refractivity contribution in [3.05, 3.63) is 66.7 Å². The van der Waals surface area contributed by atoms with Crippen molar-refractivity contribution >= 4 is 16.7 Å². The minimum absolute atomic E-state index is 0.189. The third kappa shape index (κ3) is 3.97. The molecule has 1 amide bonds. The average Bonchev–Trinajstić information content (AvgIpc) is 2.71. The van der Waals surface area contributed by atoms with Gasteiger partial charge in [-0.15, -0.1) is 0 Å². The summed E-state index contributed by atoms with van der Waals surface area (Å²) in [4.78, 5) is 12.4. The van der Waals surface area contributed by atoms with Crippen molar-refractivity contribution in [1.29, 1.82) is 0 Å². The van der Waals surface area contributed by atoms with Crippen LogP contribution in [-0.2, 0) is 4.79 Å². The van der Waals surface area contributed by atoms with Crippen molar-refractivity contribution in [2.45, 2.75) is 19.1 Å². The number of benzene rings is 3. The summed E-state index contributed by atoms with van der Waals surface area (Å²) in [5, 5.41) is 5.09. The number of hydrogen-bond donors (Lipinski definition) is 1. The van der Waals surface area contributed by atoms with Crippen molar-refractivity contribution in [3.63, 3.8) is 0 Å². The molecule has 4 rings (SSSR count). The van der Waals surface area contributed by atoms with Crippen LogP contribution in [0.2, 0.25) is 0 Å². The van der Waals surface area contributed by atoms with Gasteiger partial charge in [0.15, 0.2) is 17.6 Å². The van der Waals surface area contributed by atoms with Gasteiger partial charge in [-0.2, -0.15) is 0 Å². The Hall–Kier alpha value is -3.21. The van der Waals surface area contributed by atoms with E-state index in [1.165, 1.54) is 0 Å². The zero-order chi connectivity index (χ0) is 18.6. The lowest BCUT2D eigenvalue weighted by Gasteiger charge is -2.27. The molecule has 0 spiro atoms. The minimum atomic E-state index is -0.608. The average molecular weight is 363 g/mol. The Balaban J connectivity index is 1.31. The summed E-state index contributed by atoms with van der Waals surface area (Å²) in [6.07, 6.45) is -0.834. The maximum Gasteiger partial charge on any atom is 0.260 e. The third-order valence-corrected chi connectivity index (χ3v) is 4.47. The van der Waals surface area contributed by atoms with Crippen molar-refractivity contribution in [2.75, 3.05) is 13.2 Å². The summed E-state index contributed by atoms with van der Waals surface area (Å²) in [5.41, 5.74) is 0. The monoisotopic (exact) mass is 363 g/mol. The number of carbonyl (C=O) groups is 1. The summed E-state index contributed by atoms with van der Waals surface area (Å²) in [5.74, 6) is 1.91. The molecular weight excluding hydrogens is 342 g/mol. The van der Waals surface area contributed by atoms with E-state index in [0.717, 1.165) is 16.5 Å². The lowest BCUT2D eigenvalue weighted by atomic mass is 10.1. The summed E-state index contributed by atoms with van der Waals surface area (Å²) in [6.45, 7) is 2.49. The van der Waals surface area contributed by atoms with Crippen LogP contribution >= 0.6 is 0 Å². The highest BCUT2D eigenvalue weighted by Gasteiger charge is 2.22. The number of carbonyl (C=O) groups excluding carboxylic acids is 1. The zero-order valence-corrected chi connectivity index (χ0v) is 15.1. The highest BCUT2D eigenvalue weighted by atomic mass is 16.6. The quantitative estimate of drug-likeness (QED) is 0.753. The van der Waals surface area contributed by atoms with E-state index in [0.29, 0.717) is 24.7 Å². The second kappa shape index (κ2) is 7.58. The second-order valence-corrected chi connectivity index (χ2v) is 6.51. The van der Waals surface area contributed by atoms with E-state index in [1.807, 2.05) is 66.7 Å². The number of nitrogens with one attached hydrogen (secondary N) is 1. The van der Waals surface area contributed by atoms with Crippen LogP contribution in [0.1, 0.15) is 6.92 Å². The number of rotatable bonds is 5. The van der Waals surface area contributed by atoms with E-state index in [2.05, 4.69) is 5.32 Å². The Morgan fingerprint density at radius 2 is 1.81 bits per heavy atom. The van der Waals surface area contributed by atoms with E-state index in [4.69, 9.17) is 14.2 Å². The molecule has 1 aliphatic rings. The standard InChI is InChI=1S/C22H21NO4/c1-15(26-18-11-10-16-6-2-3-7-17(16)12-18)22(24)23-13-19-14-25-20-8-4-5-9-21(20)27-19/h2-12,15,19H,13-14H2,1H3,(H,23,24). The summed E-state index contributed by atoms with van der Waals surface area (Å²) >= 11 is 0. The first-order valence-electron chi connectivity index (χ1n) is 9.01. The normalized spacial score (nSPS) is 16.6. The molecule has 2 unspecified atom stereocenters. The molecule has 0 fully saturated rings. The van der Waals surface area contributed by atoms with Gasteiger partial charge in [0.05, 0.1) is 6.54 Å². The molecule has 0 saturated carbocycles. The Labute approximate surface area is 157 Å². The third-order valence-electron chi connectivity index (χ3n) is 4.47. The van der Waals surface area contributed by atoms with E-state index in [-0.39, 0.29) is 12.0 Å². The van der Waals surface area contributed by atoms with Crippen LogP contribution in [0.5, 0.6) is 17.2 Å². The second-order valence-electron chi connectivity index (χ2n) is 6.51. The molecule has 3 aromatic rings. The van der Waals surface area contributed by atoms with Gasteiger partial charge in [0.1, 0.15) is 18.5 Å². The predicted octanol–water partition coefficient (Wildman–Crippen LogP) is 3.56. The van der Waals surface area contributed by atoms with Crippen molar-refractivity contribution in [1.82, 2.24) is 5.32 Å². The van der Waals surface area contributed by atoms with Crippen LogP contribution in [0, 0.1) is 0 Å². The zero-order valence-electron chi connectivity index (χ0n) is 15.1. The molecule has 5 nitrogen and oxygen atoms in total. The van der Waals surface area contributed by atoms with Crippen LogP contribution in [0.15, 0.2) is 66.7 Å². The van der Waals surface area contributed by atoms with E-state index in [9.17, 15) is 4.79 Å². The van der Waals surface area contributed by atoms with Gasteiger partial charge in [-0.25, -0.2) is 0 Å². The van der Waals surface area contributed by atoms with Crippen LogP contribution in [0.25, 0.3) is 10.8 Å². The molecule has 5 heteroatoms. The topological polar surface area (TPSA) is 56.8 Å². The van der Waals surface area contributed by atoms with E-state index < -0.39 is 6.10 Å². The van der Waals surface area contributed by atoms with Crippen LogP contribution in [-0.4, -0.2) is 31.3 Å². The largest absolute Gasteiger partial charge is 0.486 e. The smallest absolute Gasteiger partial charge is 0.260 e. The molecule has 1 aliphatic heterocycles. The molecular formula is C22H21NO4. The fourth-order valence-electron chi connectivity index (χ4n) is 3.02. The molecule has 0 aliphatic carbocycles. The summed E-state index contributed by atoms with van der Waals surface area (Å²) in [6, 6.07) is 21.3. The molecule has 0 radical (unpaired) electrons. The lowest BCUT2D eigenvalue weighted by Crippen LogP contribution is -2.44. The van der Waals surface area contributed by atoms with E-state index >= 15 is 0 Å². The number of amides is 1.